The van der Waals surface area contributed by atoms with Crippen LogP contribution in [0.4, 0.5) is 0 Å². The molecule has 0 aliphatic heterocycles. The minimum atomic E-state index is -0.0651. The number of hydrogen-bond donors (Lipinski definition) is 0. The normalized spacial score (nSPS) is 16.2. The van der Waals surface area contributed by atoms with Gasteiger partial charge in [0.25, 0.3) is 5.91 Å². The molecule has 0 radical (unpaired) electrons. The molecular weight excluding hydrogens is 370 g/mol. The second kappa shape index (κ2) is 8.24. The molecule has 1 aliphatic rings. The van der Waals surface area contributed by atoms with Gasteiger partial charge in [-0.15, -0.1) is 0 Å². The van der Waals surface area contributed by atoms with Gasteiger partial charge < -0.3 is 13.8 Å². The van der Waals surface area contributed by atoms with Crippen molar-refractivity contribution in [3.8, 4) is 0 Å². The Morgan fingerprint density at radius 2 is 2.14 bits per heavy atom. The SMILES string of the molecule is CCn1nc(C(=O)N(C)Cc2ccco2)c2c1CCC(N(C)Cc1ccon1)C2. The quantitative estimate of drug-likeness (QED) is 0.610. The molecule has 29 heavy (non-hydrogen) atoms. The monoisotopic (exact) mass is 397 g/mol. The molecule has 3 aromatic heterocycles. The number of nitrogens with zero attached hydrogens (tertiary/aromatic N) is 5. The van der Waals surface area contributed by atoms with Gasteiger partial charge in [-0.2, -0.15) is 5.10 Å². The summed E-state index contributed by atoms with van der Waals surface area (Å²) in [5, 5.41) is 8.69. The molecule has 0 aromatic carbocycles. The van der Waals surface area contributed by atoms with Gasteiger partial charge in [0.05, 0.1) is 18.5 Å². The van der Waals surface area contributed by atoms with Crippen LogP contribution in [0.3, 0.4) is 0 Å². The van der Waals surface area contributed by atoms with Gasteiger partial charge in [-0.3, -0.25) is 14.4 Å². The topological polar surface area (TPSA) is 80.5 Å². The summed E-state index contributed by atoms with van der Waals surface area (Å²) in [6, 6.07) is 5.92. The van der Waals surface area contributed by atoms with Crippen molar-refractivity contribution >= 4 is 5.91 Å². The zero-order valence-corrected chi connectivity index (χ0v) is 17.2. The summed E-state index contributed by atoms with van der Waals surface area (Å²) in [6.07, 6.45) is 5.97. The van der Waals surface area contributed by atoms with Crippen molar-refractivity contribution in [2.75, 3.05) is 14.1 Å². The predicted octanol–water partition coefficient (Wildman–Crippen LogP) is 2.75. The molecule has 1 atom stereocenters. The second-order valence-corrected chi connectivity index (χ2v) is 7.63. The summed E-state index contributed by atoms with van der Waals surface area (Å²) in [5.74, 6) is 0.694. The summed E-state index contributed by atoms with van der Waals surface area (Å²) < 4.78 is 12.3. The fourth-order valence-corrected chi connectivity index (χ4v) is 4.07. The minimum absolute atomic E-state index is 0.0651. The van der Waals surface area contributed by atoms with E-state index in [-0.39, 0.29) is 5.91 Å². The molecule has 0 spiro atoms. The van der Waals surface area contributed by atoms with Gasteiger partial charge in [0, 0.05) is 43.5 Å². The Labute approximate surface area is 170 Å². The van der Waals surface area contributed by atoms with Crippen molar-refractivity contribution in [2.24, 2.45) is 0 Å². The summed E-state index contributed by atoms with van der Waals surface area (Å²) in [5.41, 5.74) is 3.74. The first-order chi connectivity index (χ1) is 14.1. The third-order valence-electron chi connectivity index (χ3n) is 5.67. The molecule has 4 rings (SSSR count). The third-order valence-corrected chi connectivity index (χ3v) is 5.67. The predicted molar refractivity (Wildman–Crippen MR) is 106 cm³/mol. The highest BCUT2D eigenvalue weighted by molar-refractivity contribution is 5.94. The van der Waals surface area contributed by atoms with E-state index in [0.717, 1.165) is 49.4 Å². The van der Waals surface area contributed by atoms with Crippen LogP contribution in [0.25, 0.3) is 0 Å². The van der Waals surface area contributed by atoms with Crippen LogP contribution in [0.15, 0.2) is 39.7 Å². The van der Waals surface area contributed by atoms with Crippen LogP contribution in [0.5, 0.6) is 0 Å². The number of aryl methyl sites for hydroxylation is 1. The number of likely N-dealkylation sites (N-methyl/N-ethyl adjacent to an activating group) is 1. The lowest BCUT2D eigenvalue weighted by Crippen LogP contribution is -2.37. The van der Waals surface area contributed by atoms with E-state index in [1.165, 1.54) is 5.69 Å². The minimum Gasteiger partial charge on any atom is -0.467 e. The van der Waals surface area contributed by atoms with E-state index in [0.29, 0.717) is 18.3 Å². The highest BCUT2D eigenvalue weighted by atomic mass is 16.5. The Morgan fingerprint density at radius 1 is 1.28 bits per heavy atom. The van der Waals surface area contributed by atoms with Gasteiger partial charge in [0.15, 0.2) is 5.69 Å². The Balaban J connectivity index is 1.54. The van der Waals surface area contributed by atoms with Crippen molar-refractivity contribution in [1.82, 2.24) is 24.7 Å². The smallest absolute Gasteiger partial charge is 0.274 e. The van der Waals surface area contributed by atoms with E-state index in [2.05, 4.69) is 29.1 Å². The summed E-state index contributed by atoms with van der Waals surface area (Å²) in [7, 11) is 3.89. The van der Waals surface area contributed by atoms with Gasteiger partial charge in [0.2, 0.25) is 0 Å². The van der Waals surface area contributed by atoms with Gasteiger partial charge >= 0.3 is 0 Å². The van der Waals surface area contributed by atoms with Gasteiger partial charge in [-0.1, -0.05) is 5.16 Å². The molecule has 1 amide bonds. The van der Waals surface area contributed by atoms with Crippen molar-refractivity contribution in [2.45, 2.75) is 51.9 Å². The van der Waals surface area contributed by atoms with E-state index in [9.17, 15) is 4.79 Å². The zero-order valence-electron chi connectivity index (χ0n) is 17.2. The van der Waals surface area contributed by atoms with Crippen LogP contribution in [0.2, 0.25) is 0 Å². The highest BCUT2D eigenvalue weighted by Gasteiger charge is 2.31. The van der Waals surface area contributed by atoms with E-state index in [1.807, 2.05) is 22.9 Å². The highest BCUT2D eigenvalue weighted by Crippen LogP contribution is 2.28. The lowest BCUT2D eigenvalue weighted by molar-refractivity contribution is 0.0767. The molecule has 8 heteroatoms. The first-order valence-electron chi connectivity index (χ1n) is 10.0. The van der Waals surface area contributed by atoms with E-state index >= 15 is 0 Å². The lowest BCUT2D eigenvalue weighted by Gasteiger charge is -2.31. The maximum atomic E-state index is 13.2. The molecule has 0 fully saturated rings. The lowest BCUT2D eigenvalue weighted by atomic mass is 9.90. The van der Waals surface area contributed by atoms with Crippen molar-refractivity contribution in [3.63, 3.8) is 0 Å². The number of amides is 1. The first-order valence-corrected chi connectivity index (χ1v) is 10.0. The van der Waals surface area contributed by atoms with Crippen LogP contribution in [0.1, 0.15) is 46.5 Å². The van der Waals surface area contributed by atoms with Crippen molar-refractivity contribution < 1.29 is 13.7 Å². The first kappa shape index (κ1) is 19.4. The van der Waals surface area contributed by atoms with E-state index in [4.69, 9.17) is 8.94 Å². The molecule has 1 unspecified atom stereocenters. The summed E-state index contributed by atoms with van der Waals surface area (Å²) in [6.45, 7) is 3.98. The Hall–Kier alpha value is -2.87. The van der Waals surface area contributed by atoms with Crippen molar-refractivity contribution in [3.05, 3.63) is 59.1 Å². The van der Waals surface area contributed by atoms with Gasteiger partial charge in [-0.25, -0.2) is 0 Å². The molecule has 0 saturated heterocycles. The van der Waals surface area contributed by atoms with Crippen LogP contribution in [-0.2, 0) is 32.5 Å². The molecule has 154 valence electrons. The van der Waals surface area contributed by atoms with Gasteiger partial charge in [-0.05, 0) is 45.4 Å². The molecule has 1 aliphatic carbocycles. The number of hydrogen-bond acceptors (Lipinski definition) is 6. The number of furan rings is 1. The van der Waals surface area contributed by atoms with Crippen molar-refractivity contribution in [1.29, 1.82) is 0 Å². The summed E-state index contributed by atoms with van der Waals surface area (Å²) in [4.78, 5) is 17.1. The Kier molecular flexibility index (Phi) is 5.53. The molecule has 0 saturated carbocycles. The van der Waals surface area contributed by atoms with Crippen LogP contribution < -0.4 is 0 Å². The van der Waals surface area contributed by atoms with Crippen LogP contribution >= 0.6 is 0 Å². The number of fused-ring (bicyclic) bond motifs is 1. The second-order valence-electron chi connectivity index (χ2n) is 7.63. The number of carbonyl (C=O) groups excluding carboxylic acids is 1. The van der Waals surface area contributed by atoms with Gasteiger partial charge in [0.1, 0.15) is 12.0 Å². The molecule has 0 N–H and O–H groups in total. The maximum absolute atomic E-state index is 13.2. The molecule has 8 nitrogen and oxygen atoms in total. The zero-order chi connectivity index (χ0) is 20.4. The molecular formula is C21H27N5O3. The third kappa shape index (κ3) is 3.98. The largest absolute Gasteiger partial charge is 0.467 e. The van der Waals surface area contributed by atoms with Crippen LogP contribution in [0, 0.1) is 0 Å². The molecule has 3 aromatic rings. The average molecular weight is 397 g/mol. The fraction of sp³-hybridized carbons (Fsp3) is 0.476. The maximum Gasteiger partial charge on any atom is 0.274 e. The Morgan fingerprint density at radius 3 is 2.83 bits per heavy atom. The molecule has 3 heterocycles. The standard InChI is InChI=1S/C21H27N5O3/c1-4-26-19-8-7-16(24(2)13-15-9-11-29-23-15)12-18(19)20(22-26)21(27)25(3)14-17-6-5-10-28-17/h5-6,9-11,16H,4,7-8,12-14H2,1-3H3. The number of carbonyl (C=O) groups is 1. The Bertz CT molecular complexity index is 946. The number of aromatic nitrogens is 3. The molecule has 0 bridgehead atoms. The van der Waals surface area contributed by atoms with E-state index < -0.39 is 0 Å². The summed E-state index contributed by atoms with van der Waals surface area (Å²) >= 11 is 0. The van der Waals surface area contributed by atoms with E-state index in [1.54, 1.807) is 24.5 Å². The van der Waals surface area contributed by atoms with Crippen LogP contribution in [-0.4, -0.2) is 50.8 Å². The fourth-order valence-electron chi connectivity index (χ4n) is 4.07. The number of rotatable bonds is 7. The average Bonchev–Trinajstić information content (AvgIpc) is 3.48.